The summed E-state index contributed by atoms with van der Waals surface area (Å²) in [5.41, 5.74) is -1.57. The maximum absolute atomic E-state index is 10.9. The molecule has 0 atom stereocenters. The van der Waals surface area contributed by atoms with E-state index in [4.69, 9.17) is 10.2 Å². The minimum Gasteiger partial charge on any atom is -1.00 e. The smallest absolute Gasteiger partial charge is 1.00 e. The molecule has 0 unspecified atom stereocenters. The molecule has 0 amide bonds. The predicted molar refractivity (Wildman–Crippen MR) is 48.6 cm³/mol. The molecule has 0 saturated carbocycles. The first-order valence-corrected chi connectivity index (χ1v) is 4.48. The van der Waals surface area contributed by atoms with Crippen molar-refractivity contribution in [2.75, 3.05) is 0 Å². The Kier molecular flexibility index (Phi) is 8.49. The quantitative estimate of drug-likeness (QED) is 0.431. The number of hydrogen-bond acceptors (Lipinski definition) is 2. The van der Waals surface area contributed by atoms with Crippen LogP contribution in [-0.4, -0.2) is 22.2 Å². The third-order valence-corrected chi connectivity index (χ3v) is 2.17. The van der Waals surface area contributed by atoms with Gasteiger partial charge in [0, 0.05) is 0 Å². The average molecular weight is 212 g/mol. The Balaban J connectivity index is -0.000000720. The molecule has 0 aromatic heterocycles. The van der Waals surface area contributed by atoms with Gasteiger partial charge in [0.2, 0.25) is 0 Å². The van der Waals surface area contributed by atoms with Crippen molar-refractivity contribution in [2.45, 2.75) is 39.5 Å². The summed E-state index contributed by atoms with van der Waals surface area (Å²) >= 11 is 0. The Morgan fingerprint density at radius 1 is 1.07 bits per heavy atom. The van der Waals surface area contributed by atoms with Gasteiger partial charge in [-0.3, -0.25) is 9.59 Å². The second-order valence-corrected chi connectivity index (χ2v) is 3.19. The fraction of sp³-hybridized carbons (Fsp3) is 0.778. The van der Waals surface area contributed by atoms with Crippen molar-refractivity contribution in [1.82, 2.24) is 0 Å². The summed E-state index contributed by atoms with van der Waals surface area (Å²) in [5.74, 6) is -2.44. The third-order valence-electron chi connectivity index (χ3n) is 2.17. The topological polar surface area (TPSA) is 74.6 Å². The molecule has 0 saturated heterocycles. The SMILES string of the molecule is CCCC(CCC)(C(=O)O)C(=O)O.[H-].[Na+]. The van der Waals surface area contributed by atoms with Crippen molar-refractivity contribution in [1.29, 1.82) is 0 Å². The molecule has 0 radical (unpaired) electrons. The molecule has 0 aliphatic rings. The fourth-order valence-corrected chi connectivity index (χ4v) is 1.50. The Morgan fingerprint density at radius 3 is 1.50 bits per heavy atom. The summed E-state index contributed by atoms with van der Waals surface area (Å²) < 4.78 is 0. The van der Waals surface area contributed by atoms with Gasteiger partial charge in [-0.15, -0.1) is 0 Å². The van der Waals surface area contributed by atoms with E-state index in [0.717, 1.165) is 0 Å². The van der Waals surface area contributed by atoms with Gasteiger partial charge in [-0.25, -0.2) is 0 Å². The molecular formula is C9H17NaO4. The minimum atomic E-state index is -1.57. The van der Waals surface area contributed by atoms with Gasteiger partial charge in [0.25, 0.3) is 0 Å². The fourth-order valence-electron chi connectivity index (χ4n) is 1.50. The number of carboxylic acid groups (broad SMARTS) is 2. The summed E-state index contributed by atoms with van der Waals surface area (Å²) in [6.07, 6.45) is 1.54. The van der Waals surface area contributed by atoms with Crippen molar-refractivity contribution < 1.29 is 50.8 Å². The van der Waals surface area contributed by atoms with Crippen molar-refractivity contribution >= 4 is 11.9 Å². The second kappa shape index (κ2) is 7.26. The second-order valence-electron chi connectivity index (χ2n) is 3.19. The van der Waals surface area contributed by atoms with Gasteiger partial charge >= 0.3 is 41.5 Å². The summed E-state index contributed by atoms with van der Waals surface area (Å²) in [6.45, 7) is 3.58. The predicted octanol–water partition coefficient (Wildman–Crippen LogP) is -1.14. The molecule has 0 fully saturated rings. The van der Waals surface area contributed by atoms with Gasteiger partial charge in [0.05, 0.1) is 0 Å². The van der Waals surface area contributed by atoms with E-state index in [2.05, 4.69) is 0 Å². The summed E-state index contributed by atoms with van der Waals surface area (Å²) in [4.78, 5) is 21.7. The van der Waals surface area contributed by atoms with Crippen molar-refractivity contribution in [3.8, 4) is 0 Å². The van der Waals surface area contributed by atoms with Crippen LogP contribution in [0.1, 0.15) is 41.0 Å². The maximum Gasteiger partial charge on any atom is 1.00 e. The summed E-state index contributed by atoms with van der Waals surface area (Å²) in [5, 5.41) is 17.8. The first-order chi connectivity index (χ1) is 6.01. The molecule has 0 spiro atoms. The molecule has 78 valence electrons. The standard InChI is InChI=1S/C9H16O4.Na.H/c1-3-5-9(6-4-2,7(10)11)8(12)13;;/h3-6H2,1-2H3,(H,10,11)(H,12,13);;/q;+1;-1. The normalized spacial score (nSPS) is 10.4. The Hall–Kier alpha value is -0.0600. The number of carboxylic acids is 2. The summed E-state index contributed by atoms with van der Waals surface area (Å²) in [6, 6.07) is 0. The van der Waals surface area contributed by atoms with Gasteiger partial charge in [-0.05, 0) is 12.8 Å². The molecule has 4 nitrogen and oxygen atoms in total. The van der Waals surface area contributed by atoms with E-state index in [1.807, 2.05) is 0 Å². The van der Waals surface area contributed by atoms with E-state index in [1.54, 1.807) is 13.8 Å². The van der Waals surface area contributed by atoms with Gasteiger partial charge in [0.1, 0.15) is 0 Å². The number of hydrogen-bond donors (Lipinski definition) is 2. The Bertz CT molecular complexity index is 186. The largest absolute Gasteiger partial charge is 1.00 e. The van der Waals surface area contributed by atoms with Crippen LogP contribution < -0.4 is 29.6 Å². The third kappa shape index (κ3) is 3.59. The zero-order valence-electron chi connectivity index (χ0n) is 10.0. The first kappa shape index (κ1) is 16.4. The van der Waals surface area contributed by atoms with Crippen LogP contribution in [0, 0.1) is 5.41 Å². The molecule has 0 aliphatic carbocycles. The molecule has 0 aliphatic heterocycles. The number of aliphatic carboxylic acids is 2. The van der Waals surface area contributed by atoms with Crippen molar-refractivity contribution in [2.24, 2.45) is 5.41 Å². The van der Waals surface area contributed by atoms with E-state index in [0.29, 0.717) is 12.8 Å². The average Bonchev–Trinajstić information content (AvgIpc) is 2.03. The van der Waals surface area contributed by atoms with Crippen LogP contribution >= 0.6 is 0 Å². The van der Waals surface area contributed by atoms with Crippen molar-refractivity contribution in [3.05, 3.63) is 0 Å². The molecule has 2 N–H and O–H groups in total. The first-order valence-electron chi connectivity index (χ1n) is 4.48. The zero-order chi connectivity index (χ0) is 10.5. The molecule has 0 heterocycles. The number of carbonyl (C=O) groups is 2. The van der Waals surface area contributed by atoms with Gasteiger partial charge in [-0.2, -0.15) is 0 Å². The van der Waals surface area contributed by atoms with Gasteiger partial charge in [0.15, 0.2) is 5.41 Å². The molecular weight excluding hydrogens is 195 g/mol. The van der Waals surface area contributed by atoms with Gasteiger partial charge in [-0.1, -0.05) is 26.7 Å². The van der Waals surface area contributed by atoms with E-state index >= 15 is 0 Å². The monoisotopic (exact) mass is 212 g/mol. The van der Waals surface area contributed by atoms with Crippen molar-refractivity contribution in [3.63, 3.8) is 0 Å². The van der Waals surface area contributed by atoms with Crippen LogP contribution in [-0.2, 0) is 9.59 Å². The van der Waals surface area contributed by atoms with E-state index in [9.17, 15) is 9.59 Å². The van der Waals surface area contributed by atoms with Crippen LogP contribution in [0.2, 0.25) is 0 Å². The van der Waals surface area contributed by atoms with Crippen LogP contribution in [0.5, 0.6) is 0 Å². The molecule has 0 aromatic carbocycles. The number of rotatable bonds is 6. The van der Waals surface area contributed by atoms with Crippen LogP contribution in [0.15, 0.2) is 0 Å². The Morgan fingerprint density at radius 2 is 1.36 bits per heavy atom. The molecule has 5 heteroatoms. The Labute approximate surface area is 107 Å². The summed E-state index contributed by atoms with van der Waals surface area (Å²) in [7, 11) is 0. The molecule has 0 aromatic rings. The minimum absolute atomic E-state index is 0. The van der Waals surface area contributed by atoms with E-state index in [-0.39, 0.29) is 43.8 Å². The van der Waals surface area contributed by atoms with Crippen LogP contribution in [0.3, 0.4) is 0 Å². The van der Waals surface area contributed by atoms with Crippen LogP contribution in [0.4, 0.5) is 0 Å². The molecule has 0 rings (SSSR count). The maximum atomic E-state index is 10.9. The van der Waals surface area contributed by atoms with Gasteiger partial charge < -0.3 is 11.6 Å². The zero-order valence-corrected chi connectivity index (χ0v) is 11.0. The van der Waals surface area contributed by atoms with E-state index in [1.165, 1.54) is 0 Å². The molecule has 14 heavy (non-hydrogen) atoms. The van der Waals surface area contributed by atoms with Crippen LogP contribution in [0.25, 0.3) is 0 Å². The molecule has 0 bridgehead atoms. The van der Waals surface area contributed by atoms with E-state index < -0.39 is 17.4 Å².